The second kappa shape index (κ2) is 7.62. The molecule has 0 spiro atoms. The van der Waals surface area contributed by atoms with Crippen molar-refractivity contribution in [2.45, 2.75) is 71.3 Å². The molecule has 4 heteroatoms. The van der Waals surface area contributed by atoms with Gasteiger partial charge in [0.15, 0.2) is 6.39 Å². The van der Waals surface area contributed by atoms with Crippen LogP contribution in [0, 0.1) is 5.92 Å². The molecule has 1 heterocycles. The predicted molar refractivity (Wildman–Crippen MR) is 83.0 cm³/mol. The van der Waals surface area contributed by atoms with E-state index in [0.717, 1.165) is 37.9 Å². The summed E-state index contributed by atoms with van der Waals surface area (Å²) in [7, 11) is 0. The Balaban J connectivity index is 2.20. The summed E-state index contributed by atoms with van der Waals surface area (Å²) in [5.74, 6) is 0.669. The fourth-order valence-corrected chi connectivity index (χ4v) is 3.33. The molecule has 1 aliphatic carbocycles. The van der Waals surface area contributed by atoms with Gasteiger partial charge in [0, 0.05) is 24.4 Å². The highest BCUT2D eigenvalue weighted by molar-refractivity contribution is 5.78. The molecule has 0 aromatic carbocycles. The molecular formula is C17H28N2O2. The van der Waals surface area contributed by atoms with Gasteiger partial charge >= 0.3 is 0 Å². The van der Waals surface area contributed by atoms with E-state index in [2.05, 4.69) is 16.8 Å². The molecule has 1 aliphatic rings. The summed E-state index contributed by atoms with van der Waals surface area (Å²) in [4.78, 5) is 19.1. The first-order chi connectivity index (χ1) is 10.1. The van der Waals surface area contributed by atoms with Crippen molar-refractivity contribution in [2.24, 2.45) is 5.92 Å². The van der Waals surface area contributed by atoms with Crippen molar-refractivity contribution >= 4 is 5.91 Å². The summed E-state index contributed by atoms with van der Waals surface area (Å²) in [6, 6.07) is 0.283. The molecule has 1 amide bonds. The van der Waals surface area contributed by atoms with E-state index in [0.29, 0.717) is 5.92 Å². The van der Waals surface area contributed by atoms with E-state index in [-0.39, 0.29) is 17.9 Å². The van der Waals surface area contributed by atoms with Crippen LogP contribution < -0.4 is 0 Å². The first-order valence-corrected chi connectivity index (χ1v) is 8.33. The van der Waals surface area contributed by atoms with Gasteiger partial charge in [0.05, 0.1) is 5.69 Å². The Kier molecular flexibility index (Phi) is 5.83. The Morgan fingerprint density at radius 2 is 2.19 bits per heavy atom. The van der Waals surface area contributed by atoms with Crippen LogP contribution in [-0.4, -0.2) is 28.4 Å². The topological polar surface area (TPSA) is 46.3 Å². The molecule has 1 aromatic rings. The van der Waals surface area contributed by atoms with Crippen LogP contribution in [-0.2, 0) is 4.79 Å². The van der Waals surface area contributed by atoms with E-state index in [1.807, 2.05) is 13.8 Å². The fourth-order valence-electron chi connectivity index (χ4n) is 3.33. The van der Waals surface area contributed by atoms with Gasteiger partial charge in [0.2, 0.25) is 5.91 Å². The van der Waals surface area contributed by atoms with Crippen LogP contribution in [0.25, 0.3) is 0 Å². The quantitative estimate of drug-likeness (QED) is 0.796. The average molecular weight is 292 g/mol. The number of aromatic nitrogens is 1. The van der Waals surface area contributed by atoms with Gasteiger partial charge in [-0.25, -0.2) is 4.98 Å². The monoisotopic (exact) mass is 292 g/mol. The zero-order valence-corrected chi connectivity index (χ0v) is 13.5. The molecule has 2 unspecified atom stereocenters. The van der Waals surface area contributed by atoms with Gasteiger partial charge in [-0.15, -0.1) is 0 Å². The summed E-state index contributed by atoms with van der Waals surface area (Å²) in [6.45, 7) is 7.03. The predicted octanol–water partition coefficient (Wildman–Crippen LogP) is 3.99. The van der Waals surface area contributed by atoms with Crippen LogP contribution in [0.1, 0.15) is 70.9 Å². The molecule has 118 valence electrons. The maximum Gasteiger partial charge on any atom is 0.225 e. The lowest BCUT2D eigenvalue weighted by Gasteiger charge is -2.40. The average Bonchev–Trinajstić information content (AvgIpc) is 3.02. The Bertz CT molecular complexity index is 428. The van der Waals surface area contributed by atoms with Gasteiger partial charge in [-0.1, -0.05) is 40.0 Å². The van der Waals surface area contributed by atoms with Crippen LogP contribution >= 0.6 is 0 Å². The standard InChI is InChI=1S/C17H28N2O2/c1-4-5-10-19(17(20)13(2)3)16-9-7-6-8-14(16)15-11-21-12-18-15/h11-14,16H,4-10H2,1-3H3. The fraction of sp³-hybridized carbons (Fsp3) is 0.765. The molecular weight excluding hydrogens is 264 g/mol. The third-order valence-corrected chi connectivity index (χ3v) is 4.49. The third kappa shape index (κ3) is 3.86. The number of carbonyl (C=O) groups is 1. The summed E-state index contributed by atoms with van der Waals surface area (Å²) in [5.41, 5.74) is 1.01. The molecule has 2 rings (SSSR count). The third-order valence-electron chi connectivity index (χ3n) is 4.49. The van der Waals surface area contributed by atoms with Gasteiger partial charge in [0.1, 0.15) is 6.26 Å². The summed E-state index contributed by atoms with van der Waals surface area (Å²) >= 11 is 0. The minimum atomic E-state index is 0.0572. The molecule has 0 radical (unpaired) electrons. The van der Waals surface area contributed by atoms with Crippen LogP contribution in [0.2, 0.25) is 0 Å². The molecule has 0 N–H and O–H groups in total. The molecule has 2 atom stereocenters. The molecule has 21 heavy (non-hydrogen) atoms. The number of carbonyl (C=O) groups excluding carboxylic acids is 1. The van der Waals surface area contributed by atoms with E-state index in [1.54, 1.807) is 6.26 Å². The number of oxazole rings is 1. The lowest BCUT2D eigenvalue weighted by molar-refractivity contribution is -0.138. The molecule has 1 aromatic heterocycles. The van der Waals surface area contributed by atoms with Crippen molar-refractivity contribution in [3.63, 3.8) is 0 Å². The van der Waals surface area contributed by atoms with Crippen molar-refractivity contribution < 1.29 is 9.21 Å². The minimum Gasteiger partial charge on any atom is -0.451 e. The van der Waals surface area contributed by atoms with Crippen LogP contribution in [0.5, 0.6) is 0 Å². The van der Waals surface area contributed by atoms with Gasteiger partial charge in [-0.2, -0.15) is 0 Å². The van der Waals surface area contributed by atoms with Crippen LogP contribution in [0.15, 0.2) is 17.1 Å². The highest BCUT2D eigenvalue weighted by Gasteiger charge is 2.35. The Hall–Kier alpha value is -1.32. The minimum absolute atomic E-state index is 0.0572. The summed E-state index contributed by atoms with van der Waals surface area (Å²) in [6.07, 6.45) is 10.0. The summed E-state index contributed by atoms with van der Waals surface area (Å²) in [5, 5.41) is 0. The highest BCUT2D eigenvalue weighted by atomic mass is 16.3. The Morgan fingerprint density at radius 1 is 1.43 bits per heavy atom. The molecule has 4 nitrogen and oxygen atoms in total. The first-order valence-electron chi connectivity index (χ1n) is 8.33. The number of unbranched alkanes of at least 4 members (excludes halogenated alkanes) is 1. The second-order valence-corrected chi connectivity index (χ2v) is 6.41. The number of nitrogens with zero attached hydrogens (tertiary/aromatic N) is 2. The number of rotatable bonds is 6. The van der Waals surface area contributed by atoms with Crippen molar-refractivity contribution in [1.29, 1.82) is 0 Å². The number of amides is 1. The van der Waals surface area contributed by atoms with E-state index < -0.39 is 0 Å². The SMILES string of the molecule is CCCCN(C(=O)C(C)C)C1CCCCC1c1cocn1. The van der Waals surface area contributed by atoms with Gasteiger partial charge in [-0.05, 0) is 19.3 Å². The molecule has 1 fully saturated rings. The van der Waals surface area contributed by atoms with Gasteiger partial charge in [0.25, 0.3) is 0 Å². The normalized spacial score (nSPS) is 22.5. The first kappa shape index (κ1) is 16.1. The van der Waals surface area contributed by atoms with E-state index in [9.17, 15) is 4.79 Å². The largest absolute Gasteiger partial charge is 0.451 e. The molecule has 0 saturated heterocycles. The van der Waals surface area contributed by atoms with E-state index in [1.165, 1.54) is 19.2 Å². The Labute approximate surface area is 127 Å². The lowest BCUT2D eigenvalue weighted by Crippen LogP contribution is -2.47. The lowest BCUT2D eigenvalue weighted by atomic mass is 9.81. The highest BCUT2D eigenvalue weighted by Crippen LogP contribution is 2.36. The van der Waals surface area contributed by atoms with E-state index in [4.69, 9.17) is 4.42 Å². The van der Waals surface area contributed by atoms with Crippen molar-refractivity contribution in [3.8, 4) is 0 Å². The van der Waals surface area contributed by atoms with Crippen molar-refractivity contribution in [1.82, 2.24) is 9.88 Å². The zero-order chi connectivity index (χ0) is 15.2. The maximum atomic E-state index is 12.6. The van der Waals surface area contributed by atoms with Crippen LogP contribution in [0.3, 0.4) is 0 Å². The zero-order valence-electron chi connectivity index (χ0n) is 13.5. The number of hydrogen-bond donors (Lipinski definition) is 0. The number of hydrogen-bond acceptors (Lipinski definition) is 3. The molecule has 1 saturated carbocycles. The maximum absolute atomic E-state index is 12.6. The molecule has 0 bridgehead atoms. The van der Waals surface area contributed by atoms with Gasteiger partial charge < -0.3 is 9.32 Å². The van der Waals surface area contributed by atoms with E-state index >= 15 is 0 Å². The smallest absolute Gasteiger partial charge is 0.225 e. The second-order valence-electron chi connectivity index (χ2n) is 6.41. The summed E-state index contributed by atoms with van der Waals surface area (Å²) < 4.78 is 5.17. The van der Waals surface area contributed by atoms with Crippen molar-refractivity contribution in [2.75, 3.05) is 6.54 Å². The van der Waals surface area contributed by atoms with Crippen LogP contribution in [0.4, 0.5) is 0 Å². The molecule has 0 aliphatic heterocycles. The Morgan fingerprint density at radius 3 is 2.81 bits per heavy atom. The van der Waals surface area contributed by atoms with Crippen molar-refractivity contribution in [3.05, 3.63) is 18.4 Å². The van der Waals surface area contributed by atoms with Gasteiger partial charge in [-0.3, -0.25) is 4.79 Å².